The van der Waals surface area contributed by atoms with E-state index in [9.17, 15) is 4.79 Å². The number of quaternary nitrogens is 2. The third kappa shape index (κ3) is 2.46. The fourth-order valence-electron chi connectivity index (χ4n) is 4.78. The Morgan fingerprint density at radius 1 is 1.21 bits per heavy atom. The average Bonchev–Trinajstić information content (AvgIpc) is 2.82. The monoisotopic (exact) mass is 329 g/mol. The highest BCUT2D eigenvalue weighted by molar-refractivity contribution is 5.98. The first kappa shape index (κ1) is 15.5. The molecule has 5 rings (SSSR count). The smallest absolute Gasteiger partial charge is 0.271 e. The molecule has 2 fully saturated rings. The predicted molar refractivity (Wildman–Crippen MR) is 92.3 cm³/mol. The molecule has 0 aromatic heterocycles. The lowest BCUT2D eigenvalue weighted by Crippen LogP contribution is -3.14. The van der Waals surface area contributed by atoms with Gasteiger partial charge in [-0.2, -0.15) is 0 Å². The third-order valence-corrected chi connectivity index (χ3v) is 6.00. The van der Waals surface area contributed by atoms with Gasteiger partial charge in [-0.1, -0.05) is 19.1 Å². The summed E-state index contributed by atoms with van der Waals surface area (Å²) in [6.07, 6.45) is 1.11. The van der Waals surface area contributed by atoms with Crippen LogP contribution in [0.15, 0.2) is 35.5 Å². The number of nitrogens with one attached hydrogen (secondary N) is 4. The maximum absolute atomic E-state index is 12.5. The van der Waals surface area contributed by atoms with Crippen molar-refractivity contribution in [2.75, 3.05) is 45.0 Å². The minimum atomic E-state index is -0.167. The minimum Gasteiger partial charge on any atom is -0.398 e. The van der Waals surface area contributed by atoms with Crippen molar-refractivity contribution in [3.05, 3.63) is 41.1 Å². The highest BCUT2D eigenvalue weighted by Crippen LogP contribution is 2.33. The molecule has 4 aliphatic heterocycles. The molecule has 2 saturated heterocycles. The van der Waals surface area contributed by atoms with Gasteiger partial charge >= 0.3 is 0 Å². The van der Waals surface area contributed by atoms with E-state index in [0.717, 1.165) is 19.5 Å². The molecule has 4 bridgehead atoms. The average molecular weight is 329 g/mol. The number of amides is 1. The summed E-state index contributed by atoms with van der Waals surface area (Å²) in [4.78, 5) is 15.9. The molecule has 6 nitrogen and oxygen atoms in total. The van der Waals surface area contributed by atoms with Gasteiger partial charge in [0, 0.05) is 5.69 Å². The number of rotatable bonds is 4. The fourth-order valence-corrected chi connectivity index (χ4v) is 4.78. The molecule has 2 atom stereocenters. The molecule has 24 heavy (non-hydrogen) atoms. The zero-order chi connectivity index (χ0) is 16.7. The van der Waals surface area contributed by atoms with E-state index in [1.807, 2.05) is 12.1 Å². The molecule has 2 unspecified atom stereocenters. The molecule has 1 aromatic carbocycles. The van der Waals surface area contributed by atoms with Crippen LogP contribution in [0.2, 0.25) is 0 Å². The van der Waals surface area contributed by atoms with Crippen molar-refractivity contribution in [2.45, 2.75) is 13.3 Å². The van der Waals surface area contributed by atoms with Gasteiger partial charge in [0.05, 0.1) is 29.9 Å². The van der Waals surface area contributed by atoms with E-state index < -0.39 is 0 Å². The van der Waals surface area contributed by atoms with Crippen molar-refractivity contribution in [2.24, 2.45) is 5.41 Å². The summed E-state index contributed by atoms with van der Waals surface area (Å²) in [5, 5.41) is 0. The molecule has 128 valence electrons. The third-order valence-electron chi connectivity index (χ3n) is 6.00. The molecule has 6 heteroatoms. The topological polar surface area (TPSA) is 76.0 Å². The lowest BCUT2D eigenvalue weighted by Gasteiger charge is -2.43. The standard InChI is InChI=1S/C18H25N5O/c1-2-18-11-22-7-8-23(12-18)10-13(9-22)16(18)20-21-17(24)14-5-3-4-6-15(14)19/h3-6,20H,2,7-12,19H2,1H3,(H,21,24)/p+2. The van der Waals surface area contributed by atoms with Crippen LogP contribution < -0.4 is 26.4 Å². The van der Waals surface area contributed by atoms with E-state index in [4.69, 9.17) is 5.73 Å². The zero-order valence-corrected chi connectivity index (χ0v) is 14.2. The molecule has 1 aromatic rings. The molecule has 4 heterocycles. The zero-order valence-electron chi connectivity index (χ0n) is 14.2. The number of para-hydroxylation sites is 1. The van der Waals surface area contributed by atoms with Gasteiger partial charge in [0.1, 0.15) is 31.6 Å². The highest BCUT2D eigenvalue weighted by Gasteiger charge is 2.52. The second kappa shape index (κ2) is 5.79. The summed E-state index contributed by atoms with van der Waals surface area (Å²) in [6, 6.07) is 7.19. The minimum absolute atomic E-state index is 0.167. The number of carbonyl (C=O) groups excluding carboxylic acids is 1. The molecule has 0 radical (unpaired) electrons. The first-order valence-electron chi connectivity index (χ1n) is 8.92. The number of anilines is 1. The van der Waals surface area contributed by atoms with Crippen molar-refractivity contribution in [3.63, 3.8) is 0 Å². The fraction of sp³-hybridized carbons (Fsp3) is 0.500. The van der Waals surface area contributed by atoms with Crippen LogP contribution in [-0.2, 0) is 0 Å². The second-order valence-electron chi connectivity index (χ2n) is 7.49. The quantitative estimate of drug-likeness (QED) is 0.327. The van der Waals surface area contributed by atoms with E-state index in [2.05, 4.69) is 17.8 Å². The second-order valence-corrected chi connectivity index (χ2v) is 7.49. The van der Waals surface area contributed by atoms with Crippen molar-refractivity contribution in [1.29, 1.82) is 0 Å². The predicted octanol–water partition coefficient (Wildman–Crippen LogP) is -2.04. The maximum atomic E-state index is 12.5. The van der Waals surface area contributed by atoms with E-state index in [0.29, 0.717) is 11.3 Å². The Kier molecular flexibility index (Phi) is 3.73. The summed E-state index contributed by atoms with van der Waals surface area (Å²) in [6.45, 7) is 9.35. The van der Waals surface area contributed by atoms with Crippen LogP contribution in [0.3, 0.4) is 0 Å². The van der Waals surface area contributed by atoms with Crippen LogP contribution in [-0.4, -0.2) is 45.2 Å². The van der Waals surface area contributed by atoms with E-state index in [-0.39, 0.29) is 11.3 Å². The Labute approximate surface area is 142 Å². The van der Waals surface area contributed by atoms with Crippen molar-refractivity contribution < 1.29 is 14.6 Å². The SMILES string of the molecule is CCC12C[NH+]3CC[NH+](CC(=C1NNC(=O)c1ccccc1N)C3)C2. The van der Waals surface area contributed by atoms with Crippen LogP contribution >= 0.6 is 0 Å². The lowest BCUT2D eigenvalue weighted by molar-refractivity contribution is -0.918. The van der Waals surface area contributed by atoms with Gasteiger partial charge in [-0.15, -0.1) is 0 Å². The van der Waals surface area contributed by atoms with Crippen LogP contribution in [0, 0.1) is 5.41 Å². The molecule has 6 N–H and O–H groups in total. The van der Waals surface area contributed by atoms with Crippen LogP contribution in [0.25, 0.3) is 0 Å². The lowest BCUT2D eigenvalue weighted by atomic mass is 9.74. The van der Waals surface area contributed by atoms with Crippen LogP contribution in [0.4, 0.5) is 5.69 Å². The first-order valence-corrected chi connectivity index (χ1v) is 8.92. The number of carbonyl (C=O) groups is 1. The van der Waals surface area contributed by atoms with Gasteiger partial charge in [0.2, 0.25) is 0 Å². The van der Waals surface area contributed by atoms with Gasteiger partial charge in [-0.3, -0.25) is 10.2 Å². The van der Waals surface area contributed by atoms with Gasteiger partial charge < -0.3 is 21.0 Å². The number of benzene rings is 1. The van der Waals surface area contributed by atoms with Crippen molar-refractivity contribution >= 4 is 11.6 Å². The summed E-state index contributed by atoms with van der Waals surface area (Å²) in [5.74, 6) is -0.167. The Balaban J connectivity index is 1.57. The Bertz CT molecular complexity index is 680. The largest absolute Gasteiger partial charge is 0.398 e. The van der Waals surface area contributed by atoms with Gasteiger partial charge in [-0.25, -0.2) is 0 Å². The summed E-state index contributed by atoms with van der Waals surface area (Å²) < 4.78 is 0. The van der Waals surface area contributed by atoms with Gasteiger partial charge in [0.15, 0.2) is 0 Å². The maximum Gasteiger partial charge on any atom is 0.271 e. The number of nitrogens with two attached hydrogens (primary N) is 1. The van der Waals surface area contributed by atoms with Crippen molar-refractivity contribution in [3.8, 4) is 0 Å². The van der Waals surface area contributed by atoms with Gasteiger partial charge in [-0.05, 0) is 18.6 Å². The van der Waals surface area contributed by atoms with Crippen LogP contribution in [0.1, 0.15) is 23.7 Å². The molecule has 0 saturated carbocycles. The number of hydrogen-bond acceptors (Lipinski definition) is 3. The normalized spacial score (nSPS) is 31.0. The van der Waals surface area contributed by atoms with Crippen LogP contribution in [0.5, 0.6) is 0 Å². The molecular formula is C18H27N5O+2. The Hall–Kier alpha value is -2.05. The molecule has 0 spiro atoms. The van der Waals surface area contributed by atoms with Crippen molar-refractivity contribution in [1.82, 2.24) is 10.9 Å². The van der Waals surface area contributed by atoms with E-state index in [1.54, 1.807) is 21.9 Å². The molecular weight excluding hydrogens is 302 g/mol. The Morgan fingerprint density at radius 2 is 1.88 bits per heavy atom. The first-order chi connectivity index (χ1) is 11.6. The number of hydrogen-bond donors (Lipinski definition) is 5. The summed E-state index contributed by atoms with van der Waals surface area (Å²) in [7, 11) is 0. The van der Waals surface area contributed by atoms with E-state index in [1.165, 1.54) is 37.4 Å². The summed E-state index contributed by atoms with van der Waals surface area (Å²) >= 11 is 0. The summed E-state index contributed by atoms with van der Waals surface area (Å²) in [5.41, 5.74) is 16.1. The Morgan fingerprint density at radius 3 is 2.50 bits per heavy atom. The number of hydrazine groups is 1. The highest BCUT2D eigenvalue weighted by atomic mass is 16.2. The molecule has 4 aliphatic rings. The number of nitrogen functional groups attached to an aromatic ring is 1. The number of fused-ring (bicyclic) bond motifs is 1. The van der Waals surface area contributed by atoms with Gasteiger partial charge in [0.25, 0.3) is 5.91 Å². The molecule has 0 aliphatic carbocycles. The molecule has 1 amide bonds. The van der Waals surface area contributed by atoms with E-state index >= 15 is 0 Å².